The summed E-state index contributed by atoms with van der Waals surface area (Å²) in [5, 5.41) is 3.27. The van der Waals surface area contributed by atoms with Crippen LogP contribution in [0.1, 0.15) is 5.69 Å². The Balaban J connectivity index is 0.00000128. The molecule has 0 radical (unpaired) electrons. The lowest BCUT2D eigenvalue weighted by Gasteiger charge is -2.03. The number of aromatic nitrogens is 2. The minimum absolute atomic E-state index is 0. The van der Waals surface area contributed by atoms with Gasteiger partial charge in [-0.25, -0.2) is 4.98 Å². The van der Waals surface area contributed by atoms with Crippen LogP contribution in [-0.2, 0) is 6.54 Å². The van der Waals surface area contributed by atoms with Crippen molar-refractivity contribution in [2.24, 2.45) is 0 Å². The van der Waals surface area contributed by atoms with Crippen molar-refractivity contribution in [3.8, 4) is 0 Å². The third-order valence-electron chi connectivity index (χ3n) is 2.12. The van der Waals surface area contributed by atoms with Crippen molar-refractivity contribution < 1.29 is 0 Å². The van der Waals surface area contributed by atoms with Crippen LogP contribution < -0.4 is 5.32 Å². The summed E-state index contributed by atoms with van der Waals surface area (Å²) in [6.07, 6.45) is 3.90. The number of hydrogen-bond acceptors (Lipinski definition) is 2. The van der Waals surface area contributed by atoms with E-state index >= 15 is 0 Å². The van der Waals surface area contributed by atoms with Gasteiger partial charge in [0.25, 0.3) is 0 Å². The molecule has 2 aromatic rings. The van der Waals surface area contributed by atoms with Crippen molar-refractivity contribution in [1.82, 2.24) is 14.7 Å². The first-order chi connectivity index (χ1) is 7.27. The van der Waals surface area contributed by atoms with Crippen molar-refractivity contribution >= 4 is 34.0 Å². The highest BCUT2D eigenvalue weighted by Crippen LogP contribution is 2.06. The summed E-state index contributed by atoms with van der Waals surface area (Å²) in [6, 6.07) is 5.98. The maximum absolute atomic E-state index is 4.31. The van der Waals surface area contributed by atoms with Crippen LogP contribution in [0.25, 0.3) is 5.65 Å². The highest BCUT2D eigenvalue weighted by atomic mass is 79.9. The van der Waals surface area contributed by atoms with Crippen LogP contribution in [0.2, 0.25) is 0 Å². The highest BCUT2D eigenvalue weighted by Gasteiger charge is 2.00. The first-order valence-corrected chi connectivity index (χ1v) is 5.51. The monoisotopic (exact) mass is 301 g/mol. The number of halogens is 2. The molecule has 0 spiro atoms. The SMILES string of the molecule is C=C(Br)CNCc1cnc2ccccn12.Cl. The summed E-state index contributed by atoms with van der Waals surface area (Å²) in [5.41, 5.74) is 2.13. The van der Waals surface area contributed by atoms with Crippen LogP contribution >= 0.6 is 28.3 Å². The molecule has 0 aliphatic heterocycles. The molecule has 16 heavy (non-hydrogen) atoms. The van der Waals surface area contributed by atoms with E-state index in [0.717, 1.165) is 28.9 Å². The molecule has 0 bridgehead atoms. The molecular weight excluding hydrogens is 289 g/mol. The minimum atomic E-state index is 0. The minimum Gasteiger partial charge on any atom is -0.307 e. The molecule has 0 aliphatic rings. The van der Waals surface area contributed by atoms with Crippen LogP contribution in [0.5, 0.6) is 0 Å². The van der Waals surface area contributed by atoms with Crippen LogP contribution in [-0.4, -0.2) is 15.9 Å². The molecule has 3 nitrogen and oxygen atoms in total. The topological polar surface area (TPSA) is 29.3 Å². The first-order valence-electron chi connectivity index (χ1n) is 4.72. The molecule has 2 aromatic heterocycles. The van der Waals surface area contributed by atoms with Crippen LogP contribution in [0.15, 0.2) is 41.7 Å². The first kappa shape index (κ1) is 13.2. The fourth-order valence-electron chi connectivity index (χ4n) is 1.44. The van der Waals surface area contributed by atoms with Gasteiger partial charge in [0.1, 0.15) is 5.65 Å². The predicted molar refractivity (Wildman–Crippen MR) is 72.2 cm³/mol. The van der Waals surface area contributed by atoms with Gasteiger partial charge in [-0.05, 0) is 12.1 Å². The van der Waals surface area contributed by atoms with Gasteiger partial charge in [-0.1, -0.05) is 28.6 Å². The Labute approximate surface area is 109 Å². The van der Waals surface area contributed by atoms with Gasteiger partial charge in [0.15, 0.2) is 0 Å². The zero-order valence-electron chi connectivity index (χ0n) is 8.69. The second-order valence-corrected chi connectivity index (χ2v) is 4.42. The van der Waals surface area contributed by atoms with E-state index in [1.54, 1.807) is 0 Å². The summed E-state index contributed by atoms with van der Waals surface area (Å²) in [7, 11) is 0. The second kappa shape index (κ2) is 6.03. The molecule has 86 valence electrons. The van der Waals surface area contributed by atoms with Crippen LogP contribution in [0.3, 0.4) is 0 Å². The molecule has 0 saturated heterocycles. The largest absolute Gasteiger partial charge is 0.307 e. The van der Waals surface area contributed by atoms with Gasteiger partial charge in [-0.3, -0.25) is 0 Å². The van der Waals surface area contributed by atoms with E-state index in [2.05, 4.69) is 37.2 Å². The van der Waals surface area contributed by atoms with E-state index in [9.17, 15) is 0 Å². The van der Waals surface area contributed by atoms with Crippen molar-refractivity contribution in [2.75, 3.05) is 6.54 Å². The smallest absolute Gasteiger partial charge is 0.136 e. The van der Waals surface area contributed by atoms with E-state index in [0.29, 0.717) is 0 Å². The number of rotatable bonds is 4. The Kier molecular flexibility index (Phi) is 4.99. The van der Waals surface area contributed by atoms with E-state index < -0.39 is 0 Å². The van der Waals surface area contributed by atoms with Gasteiger partial charge in [0.05, 0.1) is 11.9 Å². The van der Waals surface area contributed by atoms with E-state index in [4.69, 9.17) is 0 Å². The molecule has 0 aliphatic carbocycles. The standard InChI is InChI=1S/C11H12BrN3.ClH/c1-9(12)6-13-7-10-8-14-11-4-2-3-5-15(10)11;/h2-5,8,13H,1,6-7H2;1H. The Morgan fingerprint density at radius 3 is 3.06 bits per heavy atom. The molecule has 0 aromatic carbocycles. The zero-order valence-corrected chi connectivity index (χ0v) is 11.1. The number of fused-ring (bicyclic) bond motifs is 1. The van der Waals surface area contributed by atoms with Gasteiger partial charge in [0.2, 0.25) is 0 Å². The van der Waals surface area contributed by atoms with Gasteiger partial charge < -0.3 is 9.72 Å². The number of nitrogens with one attached hydrogen (secondary N) is 1. The van der Waals surface area contributed by atoms with Crippen molar-refractivity contribution in [2.45, 2.75) is 6.54 Å². The molecule has 5 heteroatoms. The molecule has 0 saturated carbocycles. The molecular formula is C11H13BrClN3. The maximum atomic E-state index is 4.31. The third-order valence-corrected chi connectivity index (χ3v) is 2.40. The molecule has 0 unspecified atom stereocenters. The Morgan fingerprint density at radius 2 is 2.31 bits per heavy atom. The molecule has 2 heterocycles. The van der Waals surface area contributed by atoms with Gasteiger partial charge in [-0.2, -0.15) is 0 Å². The van der Waals surface area contributed by atoms with E-state index in [-0.39, 0.29) is 12.4 Å². The Hall–Kier alpha value is -0.840. The molecule has 1 N–H and O–H groups in total. The van der Waals surface area contributed by atoms with Crippen LogP contribution in [0, 0.1) is 0 Å². The van der Waals surface area contributed by atoms with Gasteiger partial charge >= 0.3 is 0 Å². The molecule has 0 amide bonds. The average molecular weight is 303 g/mol. The normalized spacial score (nSPS) is 10.1. The predicted octanol–water partition coefficient (Wildman–Crippen LogP) is 2.75. The van der Waals surface area contributed by atoms with E-state index in [1.165, 1.54) is 0 Å². The highest BCUT2D eigenvalue weighted by molar-refractivity contribution is 9.11. The lowest BCUT2D eigenvalue weighted by Crippen LogP contribution is -2.15. The second-order valence-electron chi connectivity index (χ2n) is 3.30. The number of imidazole rings is 1. The van der Waals surface area contributed by atoms with E-state index in [1.807, 2.05) is 30.6 Å². The maximum Gasteiger partial charge on any atom is 0.136 e. The molecule has 2 rings (SSSR count). The van der Waals surface area contributed by atoms with Crippen LogP contribution in [0.4, 0.5) is 0 Å². The quantitative estimate of drug-likeness (QED) is 0.941. The number of pyridine rings is 1. The van der Waals surface area contributed by atoms with Gasteiger partial charge in [-0.15, -0.1) is 12.4 Å². The van der Waals surface area contributed by atoms with Crippen molar-refractivity contribution in [3.63, 3.8) is 0 Å². The Morgan fingerprint density at radius 1 is 1.50 bits per heavy atom. The Bertz CT molecular complexity index is 481. The summed E-state index contributed by atoms with van der Waals surface area (Å²) < 4.78 is 3.03. The summed E-state index contributed by atoms with van der Waals surface area (Å²) in [4.78, 5) is 4.31. The number of hydrogen-bond donors (Lipinski definition) is 1. The zero-order chi connectivity index (χ0) is 10.7. The molecule has 0 atom stereocenters. The molecule has 0 fully saturated rings. The number of nitrogens with zero attached hydrogens (tertiary/aromatic N) is 2. The summed E-state index contributed by atoms with van der Waals surface area (Å²) in [6.45, 7) is 5.32. The summed E-state index contributed by atoms with van der Waals surface area (Å²) >= 11 is 3.31. The lowest BCUT2D eigenvalue weighted by atomic mass is 10.4. The van der Waals surface area contributed by atoms with Crippen molar-refractivity contribution in [3.05, 3.63) is 47.3 Å². The fourth-order valence-corrected chi connectivity index (χ4v) is 1.64. The third kappa shape index (κ3) is 3.07. The summed E-state index contributed by atoms with van der Waals surface area (Å²) in [5.74, 6) is 0. The lowest BCUT2D eigenvalue weighted by molar-refractivity contribution is 0.732. The van der Waals surface area contributed by atoms with Gasteiger partial charge in [0, 0.05) is 23.8 Å². The average Bonchev–Trinajstić information content (AvgIpc) is 2.62. The van der Waals surface area contributed by atoms with Crippen molar-refractivity contribution in [1.29, 1.82) is 0 Å². The fraction of sp³-hybridized carbons (Fsp3) is 0.182.